The van der Waals surface area contributed by atoms with Crippen LogP contribution in [0.1, 0.15) is 30.0 Å². The Morgan fingerprint density at radius 2 is 2.05 bits per heavy atom. The SMILES string of the molecule is CCN(CC)CCn1c(C)nc2cccc(C(=O)O)c21. The first-order valence-corrected chi connectivity index (χ1v) is 7.00. The second kappa shape index (κ2) is 6.05. The van der Waals surface area contributed by atoms with E-state index in [4.69, 9.17) is 0 Å². The summed E-state index contributed by atoms with van der Waals surface area (Å²) in [6, 6.07) is 5.25. The van der Waals surface area contributed by atoms with E-state index in [0.29, 0.717) is 5.56 Å². The van der Waals surface area contributed by atoms with E-state index >= 15 is 0 Å². The molecule has 5 heteroatoms. The van der Waals surface area contributed by atoms with Crippen molar-refractivity contribution in [2.45, 2.75) is 27.3 Å². The van der Waals surface area contributed by atoms with Gasteiger partial charge in [-0.05, 0) is 32.1 Å². The molecule has 2 aromatic rings. The highest BCUT2D eigenvalue weighted by Gasteiger charge is 2.15. The Morgan fingerprint density at radius 3 is 2.65 bits per heavy atom. The Morgan fingerprint density at radius 1 is 1.35 bits per heavy atom. The van der Waals surface area contributed by atoms with Crippen LogP contribution in [0.2, 0.25) is 0 Å². The van der Waals surface area contributed by atoms with Crippen LogP contribution in [0.4, 0.5) is 0 Å². The summed E-state index contributed by atoms with van der Waals surface area (Å²) >= 11 is 0. The number of imidazole rings is 1. The maximum atomic E-state index is 11.4. The van der Waals surface area contributed by atoms with Crippen molar-refractivity contribution in [1.29, 1.82) is 0 Å². The van der Waals surface area contributed by atoms with Crippen molar-refractivity contribution < 1.29 is 9.90 Å². The standard InChI is InChI=1S/C15H21N3O2/c1-4-17(5-2)9-10-18-11(3)16-13-8-6-7-12(14(13)18)15(19)20/h6-8H,4-5,9-10H2,1-3H3,(H,19,20). The molecule has 2 rings (SSSR count). The van der Waals surface area contributed by atoms with Crippen molar-refractivity contribution >= 4 is 17.0 Å². The van der Waals surface area contributed by atoms with Crippen LogP contribution in [0.15, 0.2) is 18.2 Å². The van der Waals surface area contributed by atoms with Gasteiger partial charge in [-0.25, -0.2) is 9.78 Å². The second-order valence-corrected chi connectivity index (χ2v) is 4.82. The summed E-state index contributed by atoms with van der Waals surface area (Å²) < 4.78 is 2.01. The quantitative estimate of drug-likeness (QED) is 0.879. The van der Waals surface area contributed by atoms with Crippen LogP contribution < -0.4 is 0 Å². The van der Waals surface area contributed by atoms with Gasteiger partial charge in [0.05, 0.1) is 16.6 Å². The second-order valence-electron chi connectivity index (χ2n) is 4.82. The average molecular weight is 275 g/mol. The summed E-state index contributed by atoms with van der Waals surface area (Å²) in [6.07, 6.45) is 0. The van der Waals surface area contributed by atoms with E-state index in [0.717, 1.165) is 43.0 Å². The van der Waals surface area contributed by atoms with Crippen molar-refractivity contribution in [2.24, 2.45) is 0 Å². The molecule has 0 fully saturated rings. The van der Waals surface area contributed by atoms with Gasteiger partial charge in [0.15, 0.2) is 0 Å². The molecular formula is C15H21N3O2. The van der Waals surface area contributed by atoms with Crippen molar-refractivity contribution in [3.8, 4) is 0 Å². The Kier molecular flexibility index (Phi) is 4.39. The Balaban J connectivity index is 2.41. The van der Waals surface area contributed by atoms with Crippen molar-refractivity contribution in [1.82, 2.24) is 14.5 Å². The highest BCUT2D eigenvalue weighted by Crippen LogP contribution is 2.20. The van der Waals surface area contributed by atoms with Crippen molar-refractivity contribution in [2.75, 3.05) is 19.6 Å². The summed E-state index contributed by atoms with van der Waals surface area (Å²) in [4.78, 5) is 18.2. The zero-order valence-corrected chi connectivity index (χ0v) is 12.3. The number of aromatic carboxylic acids is 1. The number of carbonyl (C=O) groups is 1. The number of benzene rings is 1. The van der Waals surface area contributed by atoms with E-state index in [1.165, 1.54) is 0 Å². The maximum absolute atomic E-state index is 11.4. The summed E-state index contributed by atoms with van der Waals surface area (Å²) in [6.45, 7) is 9.83. The molecule has 0 aliphatic carbocycles. The lowest BCUT2D eigenvalue weighted by Crippen LogP contribution is -2.27. The van der Waals surface area contributed by atoms with Crippen LogP contribution >= 0.6 is 0 Å². The Bertz CT molecular complexity index is 615. The van der Waals surface area contributed by atoms with Gasteiger partial charge in [-0.1, -0.05) is 19.9 Å². The third-order valence-corrected chi connectivity index (χ3v) is 3.72. The number of hydrogen-bond donors (Lipinski definition) is 1. The van der Waals surface area contributed by atoms with Crippen LogP contribution in [-0.2, 0) is 6.54 Å². The summed E-state index contributed by atoms with van der Waals surface area (Å²) in [5.74, 6) is -0.0413. The first-order chi connectivity index (χ1) is 9.58. The fourth-order valence-electron chi connectivity index (χ4n) is 2.53. The van der Waals surface area contributed by atoms with Crippen molar-refractivity contribution in [3.05, 3.63) is 29.6 Å². The van der Waals surface area contributed by atoms with Gasteiger partial charge < -0.3 is 14.6 Å². The van der Waals surface area contributed by atoms with E-state index in [2.05, 4.69) is 23.7 Å². The number of likely N-dealkylation sites (N-methyl/N-ethyl adjacent to an activating group) is 1. The number of nitrogens with zero attached hydrogens (tertiary/aromatic N) is 3. The molecule has 0 spiro atoms. The van der Waals surface area contributed by atoms with E-state index in [9.17, 15) is 9.90 Å². The molecule has 0 saturated heterocycles. The third kappa shape index (κ3) is 2.67. The van der Waals surface area contributed by atoms with Gasteiger partial charge in [0.1, 0.15) is 5.82 Å². The molecule has 1 heterocycles. The minimum Gasteiger partial charge on any atom is -0.478 e. The van der Waals surface area contributed by atoms with Gasteiger partial charge in [-0.15, -0.1) is 0 Å². The number of hydrogen-bond acceptors (Lipinski definition) is 3. The van der Waals surface area contributed by atoms with Gasteiger partial charge in [0, 0.05) is 13.1 Å². The van der Waals surface area contributed by atoms with E-state index in [1.807, 2.05) is 17.6 Å². The molecule has 0 bridgehead atoms. The number of aryl methyl sites for hydroxylation is 1. The Labute approximate surface area is 118 Å². The first kappa shape index (κ1) is 14.5. The van der Waals surface area contributed by atoms with E-state index in [-0.39, 0.29) is 0 Å². The molecule has 0 amide bonds. The fraction of sp³-hybridized carbons (Fsp3) is 0.467. The topological polar surface area (TPSA) is 58.4 Å². The zero-order chi connectivity index (χ0) is 14.7. The van der Waals surface area contributed by atoms with Crippen LogP contribution in [0.3, 0.4) is 0 Å². The predicted octanol–water partition coefficient (Wildman–Crippen LogP) is 2.38. The summed E-state index contributed by atoms with van der Waals surface area (Å²) in [5.41, 5.74) is 1.80. The smallest absolute Gasteiger partial charge is 0.337 e. The molecular weight excluding hydrogens is 254 g/mol. The highest BCUT2D eigenvalue weighted by atomic mass is 16.4. The third-order valence-electron chi connectivity index (χ3n) is 3.72. The first-order valence-electron chi connectivity index (χ1n) is 7.00. The lowest BCUT2D eigenvalue weighted by atomic mass is 10.2. The number of carboxylic acids is 1. The van der Waals surface area contributed by atoms with E-state index in [1.54, 1.807) is 12.1 Å². The molecule has 1 aromatic heterocycles. The van der Waals surface area contributed by atoms with Crippen LogP contribution in [0.5, 0.6) is 0 Å². The predicted molar refractivity (Wildman–Crippen MR) is 79.2 cm³/mol. The van der Waals surface area contributed by atoms with E-state index < -0.39 is 5.97 Å². The lowest BCUT2D eigenvalue weighted by Gasteiger charge is -2.19. The number of aromatic nitrogens is 2. The number of carboxylic acid groups (broad SMARTS) is 1. The number of fused-ring (bicyclic) bond motifs is 1. The fourth-order valence-corrected chi connectivity index (χ4v) is 2.53. The molecule has 0 aliphatic heterocycles. The van der Waals surface area contributed by atoms with Gasteiger partial charge in [-0.3, -0.25) is 0 Å². The van der Waals surface area contributed by atoms with Crippen LogP contribution in [0.25, 0.3) is 11.0 Å². The maximum Gasteiger partial charge on any atom is 0.337 e. The molecule has 0 radical (unpaired) electrons. The molecule has 20 heavy (non-hydrogen) atoms. The number of rotatable bonds is 6. The van der Waals surface area contributed by atoms with Crippen LogP contribution in [0, 0.1) is 6.92 Å². The van der Waals surface area contributed by atoms with Gasteiger partial charge in [0.25, 0.3) is 0 Å². The number of para-hydroxylation sites is 1. The largest absolute Gasteiger partial charge is 0.478 e. The Hall–Kier alpha value is -1.88. The molecule has 1 N–H and O–H groups in total. The molecule has 0 atom stereocenters. The lowest BCUT2D eigenvalue weighted by molar-refractivity contribution is 0.0698. The van der Waals surface area contributed by atoms with Gasteiger partial charge >= 0.3 is 5.97 Å². The molecule has 0 saturated carbocycles. The van der Waals surface area contributed by atoms with Gasteiger partial charge in [-0.2, -0.15) is 0 Å². The highest BCUT2D eigenvalue weighted by molar-refractivity contribution is 6.01. The van der Waals surface area contributed by atoms with Crippen molar-refractivity contribution in [3.63, 3.8) is 0 Å². The molecule has 0 aliphatic rings. The van der Waals surface area contributed by atoms with Gasteiger partial charge in [0.2, 0.25) is 0 Å². The zero-order valence-electron chi connectivity index (χ0n) is 12.3. The average Bonchev–Trinajstić information content (AvgIpc) is 2.75. The molecule has 0 unspecified atom stereocenters. The van der Waals surface area contributed by atoms with Crippen LogP contribution in [-0.4, -0.2) is 45.2 Å². The molecule has 108 valence electrons. The molecule has 5 nitrogen and oxygen atoms in total. The summed E-state index contributed by atoms with van der Waals surface area (Å²) in [5, 5.41) is 9.33. The minimum atomic E-state index is -0.903. The monoisotopic (exact) mass is 275 g/mol. The molecule has 1 aromatic carbocycles. The normalized spacial score (nSPS) is 11.4. The minimum absolute atomic E-state index is 0.322. The summed E-state index contributed by atoms with van der Waals surface area (Å²) in [7, 11) is 0.